The Morgan fingerprint density at radius 2 is 1.82 bits per heavy atom. The first kappa shape index (κ1) is 12.1. The van der Waals surface area contributed by atoms with Crippen molar-refractivity contribution in [2.75, 3.05) is 11.2 Å². The van der Waals surface area contributed by atoms with Crippen LogP contribution in [0.25, 0.3) is 0 Å². The van der Waals surface area contributed by atoms with Gasteiger partial charge in [0.15, 0.2) is 5.17 Å². The molecule has 0 atom stereocenters. The molecular formula is C10H11N3O2S2. The molecule has 0 aromatic heterocycles. The van der Waals surface area contributed by atoms with E-state index < -0.39 is 10.2 Å². The number of thioether (sulfide) groups is 1. The first-order valence-electron chi connectivity index (χ1n) is 4.84. The fraction of sp³-hybridized carbons (Fsp3) is 0.200. The molecule has 1 heterocycles. The predicted molar refractivity (Wildman–Crippen MR) is 71.9 cm³/mol. The van der Waals surface area contributed by atoms with Crippen molar-refractivity contribution in [3.63, 3.8) is 0 Å². The highest BCUT2D eigenvalue weighted by Crippen LogP contribution is 2.23. The molecule has 0 spiro atoms. The van der Waals surface area contributed by atoms with Gasteiger partial charge in [0.25, 0.3) is 0 Å². The molecule has 0 fully saturated rings. The predicted octanol–water partition coefficient (Wildman–Crippen LogP) is 1.89. The van der Waals surface area contributed by atoms with Crippen LogP contribution in [0.2, 0.25) is 0 Å². The molecule has 0 bridgehead atoms. The summed E-state index contributed by atoms with van der Waals surface area (Å²) >= 11 is 1.27. The van der Waals surface area contributed by atoms with Crippen molar-refractivity contribution in [3.05, 3.63) is 30.3 Å². The Hall–Kier alpha value is -1.34. The molecule has 17 heavy (non-hydrogen) atoms. The second-order valence-corrected chi connectivity index (χ2v) is 5.37. The summed E-state index contributed by atoms with van der Waals surface area (Å²) in [6.45, 7) is 1.65. The summed E-state index contributed by atoms with van der Waals surface area (Å²) in [5.74, 6) is 0.399. The SMILES string of the molecule is CSC1=NS(=O)(=O)N=C(C)N1c1ccccc1. The smallest absolute Gasteiger partial charge is 0.276 e. The van der Waals surface area contributed by atoms with Crippen LogP contribution in [0, 0.1) is 0 Å². The zero-order valence-electron chi connectivity index (χ0n) is 9.36. The lowest BCUT2D eigenvalue weighted by Gasteiger charge is -2.26. The number of hydrogen-bond donors (Lipinski definition) is 0. The minimum Gasteiger partial charge on any atom is -0.276 e. The number of rotatable bonds is 1. The van der Waals surface area contributed by atoms with Gasteiger partial charge >= 0.3 is 10.2 Å². The maximum atomic E-state index is 11.4. The van der Waals surface area contributed by atoms with Crippen molar-refractivity contribution >= 4 is 38.7 Å². The van der Waals surface area contributed by atoms with Crippen molar-refractivity contribution in [1.29, 1.82) is 0 Å². The number of hydrogen-bond acceptors (Lipinski definition) is 4. The minimum absolute atomic E-state index is 0.399. The summed E-state index contributed by atoms with van der Waals surface area (Å²) in [4.78, 5) is 1.71. The highest BCUT2D eigenvalue weighted by atomic mass is 32.2. The molecule has 7 heteroatoms. The monoisotopic (exact) mass is 269 g/mol. The Morgan fingerprint density at radius 3 is 2.41 bits per heavy atom. The molecule has 1 aromatic carbocycles. The van der Waals surface area contributed by atoms with Gasteiger partial charge in [0.2, 0.25) is 0 Å². The van der Waals surface area contributed by atoms with Crippen LogP contribution in [0.4, 0.5) is 5.69 Å². The van der Waals surface area contributed by atoms with Crippen LogP contribution < -0.4 is 4.90 Å². The molecule has 1 aliphatic heterocycles. The molecule has 0 radical (unpaired) electrons. The summed E-state index contributed by atoms with van der Waals surface area (Å²) < 4.78 is 30.0. The average molecular weight is 269 g/mol. The number of nitrogens with zero attached hydrogens (tertiary/aromatic N) is 3. The van der Waals surface area contributed by atoms with Crippen LogP contribution in [0.3, 0.4) is 0 Å². The standard InChI is InChI=1S/C10H11N3O2S2/c1-8-11-17(14,15)12-10(16-2)13(8)9-6-4-3-5-7-9/h3-7H,1-2H3. The molecule has 2 rings (SSSR count). The van der Waals surface area contributed by atoms with E-state index in [2.05, 4.69) is 8.80 Å². The normalized spacial score (nSPS) is 18.6. The van der Waals surface area contributed by atoms with Gasteiger partial charge in [-0.1, -0.05) is 30.0 Å². The highest BCUT2D eigenvalue weighted by molar-refractivity contribution is 8.14. The van der Waals surface area contributed by atoms with E-state index in [-0.39, 0.29) is 0 Å². The summed E-state index contributed by atoms with van der Waals surface area (Å²) in [5.41, 5.74) is 0.844. The quantitative estimate of drug-likeness (QED) is 0.781. The lowest BCUT2D eigenvalue weighted by atomic mass is 10.3. The second-order valence-electron chi connectivity index (χ2n) is 3.34. The van der Waals surface area contributed by atoms with Crippen molar-refractivity contribution in [2.24, 2.45) is 8.80 Å². The second kappa shape index (κ2) is 4.50. The third-order valence-corrected chi connectivity index (χ3v) is 3.81. The molecule has 0 aliphatic carbocycles. The fourth-order valence-corrected chi connectivity index (χ4v) is 3.25. The van der Waals surface area contributed by atoms with Crippen LogP contribution in [0.5, 0.6) is 0 Å². The van der Waals surface area contributed by atoms with Crippen LogP contribution in [-0.2, 0) is 10.2 Å². The van der Waals surface area contributed by atoms with Gasteiger partial charge in [0, 0.05) is 5.69 Å². The maximum Gasteiger partial charge on any atom is 0.367 e. The zero-order valence-corrected chi connectivity index (χ0v) is 11.0. The summed E-state index contributed by atoms with van der Waals surface area (Å²) in [5, 5.41) is 0.406. The van der Waals surface area contributed by atoms with Gasteiger partial charge in [-0.2, -0.15) is 8.42 Å². The molecule has 5 nitrogen and oxygen atoms in total. The van der Waals surface area contributed by atoms with Crippen molar-refractivity contribution in [2.45, 2.75) is 6.92 Å². The Labute approximate surface area is 104 Å². The zero-order chi connectivity index (χ0) is 12.5. The van der Waals surface area contributed by atoms with Gasteiger partial charge in [-0.3, -0.25) is 4.90 Å². The first-order valence-corrected chi connectivity index (χ1v) is 7.46. The summed E-state index contributed by atoms with van der Waals surface area (Å²) in [7, 11) is -3.72. The van der Waals surface area contributed by atoms with Crippen LogP contribution in [0.15, 0.2) is 39.1 Å². The fourth-order valence-electron chi connectivity index (χ4n) is 1.51. The maximum absolute atomic E-state index is 11.4. The van der Waals surface area contributed by atoms with Crippen LogP contribution >= 0.6 is 11.8 Å². The molecular weight excluding hydrogens is 258 g/mol. The van der Waals surface area contributed by atoms with E-state index in [0.717, 1.165) is 5.69 Å². The number of benzene rings is 1. The summed E-state index contributed by atoms with van der Waals surface area (Å²) in [6.07, 6.45) is 1.78. The van der Waals surface area contributed by atoms with E-state index in [1.807, 2.05) is 30.3 Å². The van der Waals surface area contributed by atoms with E-state index in [4.69, 9.17) is 0 Å². The molecule has 0 saturated heterocycles. The Bertz CT molecular complexity index is 579. The van der Waals surface area contributed by atoms with Gasteiger partial charge in [-0.15, -0.1) is 8.80 Å². The molecule has 1 aromatic rings. The van der Waals surface area contributed by atoms with Crippen LogP contribution in [-0.4, -0.2) is 25.7 Å². The molecule has 0 saturated carbocycles. The molecule has 1 aliphatic rings. The third-order valence-electron chi connectivity index (χ3n) is 2.15. The number of amidine groups is 2. The molecule has 0 amide bonds. The van der Waals surface area contributed by atoms with E-state index in [1.54, 1.807) is 18.1 Å². The van der Waals surface area contributed by atoms with Crippen molar-refractivity contribution in [3.8, 4) is 0 Å². The Morgan fingerprint density at radius 1 is 1.18 bits per heavy atom. The van der Waals surface area contributed by atoms with Gasteiger partial charge in [0.1, 0.15) is 5.84 Å². The van der Waals surface area contributed by atoms with E-state index >= 15 is 0 Å². The van der Waals surface area contributed by atoms with Crippen molar-refractivity contribution in [1.82, 2.24) is 0 Å². The summed E-state index contributed by atoms with van der Waals surface area (Å²) in [6, 6.07) is 9.41. The first-order chi connectivity index (χ1) is 8.03. The van der Waals surface area contributed by atoms with Gasteiger partial charge in [-0.25, -0.2) is 0 Å². The third kappa shape index (κ3) is 2.50. The van der Waals surface area contributed by atoms with Crippen LogP contribution in [0.1, 0.15) is 6.92 Å². The highest BCUT2D eigenvalue weighted by Gasteiger charge is 2.25. The Balaban J connectivity index is 2.52. The molecule has 0 N–H and O–H groups in total. The largest absolute Gasteiger partial charge is 0.367 e. The van der Waals surface area contributed by atoms with E-state index in [9.17, 15) is 8.42 Å². The Kier molecular flexibility index (Phi) is 3.21. The van der Waals surface area contributed by atoms with E-state index in [0.29, 0.717) is 11.0 Å². The molecule has 0 unspecified atom stereocenters. The van der Waals surface area contributed by atoms with Gasteiger partial charge in [-0.05, 0) is 25.3 Å². The number of anilines is 1. The topological polar surface area (TPSA) is 62.1 Å². The van der Waals surface area contributed by atoms with Gasteiger partial charge < -0.3 is 0 Å². The molecule has 90 valence electrons. The lowest BCUT2D eigenvalue weighted by molar-refractivity contribution is 0.599. The van der Waals surface area contributed by atoms with Gasteiger partial charge in [0.05, 0.1) is 0 Å². The van der Waals surface area contributed by atoms with E-state index in [1.165, 1.54) is 11.8 Å². The minimum atomic E-state index is -3.72. The number of para-hydroxylation sites is 1. The van der Waals surface area contributed by atoms with Crippen molar-refractivity contribution < 1.29 is 8.42 Å². The average Bonchev–Trinajstić information content (AvgIpc) is 2.28. The lowest BCUT2D eigenvalue weighted by Crippen LogP contribution is -2.37.